The molecule has 30 heavy (non-hydrogen) atoms. The number of benzene rings is 1. The van der Waals surface area contributed by atoms with Gasteiger partial charge in [0.1, 0.15) is 17.1 Å². The number of hydrogen-bond acceptors (Lipinski definition) is 5. The molecule has 4 rings (SSSR count). The number of aliphatic hydroxyl groups is 1. The molecule has 1 unspecified atom stereocenters. The van der Waals surface area contributed by atoms with Gasteiger partial charge in [-0.05, 0) is 37.5 Å². The van der Waals surface area contributed by atoms with Crippen LogP contribution in [0, 0.1) is 12.7 Å². The normalized spacial score (nSPS) is 12.8. The predicted octanol–water partition coefficient (Wildman–Crippen LogP) is 4.70. The van der Waals surface area contributed by atoms with Gasteiger partial charge in [-0.15, -0.1) is 0 Å². The van der Waals surface area contributed by atoms with Crippen LogP contribution in [0.2, 0.25) is 5.15 Å². The number of aromatic amines is 1. The van der Waals surface area contributed by atoms with Crippen molar-refractivity contribution in [2.24, 2.45) is 7.05 Å². The number of halogens is 2. The lowest BCUT2D eigenvalue weighted by molar-refractivity contribution is 0.184. The van der Waals surface area contributed by atoms with Crippen molar-refractivity contribution in [2.45, 2.75) is 39.7 Å². The number of hydrogen-bond donors (Lipinski definition) is 2. The van der Waals surface area contributed by atoms with Crippen molar-refractivity contribution in [3.05, 3.63) is 46.3 Å². The zero-order valence-electron chi connectivity index (χ0n) is 17.3. The molecular weight excluding hydrogens is 407 g/mol. The standard InChI is InChI=1S/C21H22ClFN6O/c1-9(2)12-7-17(18-10(3)26-27-19(18)22)24-16-8-15(23)14(6-13(12)16)20-25-21(11(4)30)29(5)28-20/h6-9,11,30H,1-5H3,(H,26,27). The monoisotopic (exact) mass is 428 g/mol. The van der Waals surface area contributed by atoms with Gasteiger partial charge in [-0.1, -0.05) is 25.4 Å². The molecule has 0 bridgehead atoms. The molecule has 7 nitrogen and oxygen atoms in total. The van der Waals surface area contributed by atoms with E-state index in [1.807, 2.05) is 13.0 Å². The molecule has 0 aliphatic carbocycles. The van der Waals surface area contributed by atoms with Crippen LogP contribution in [0.5, 0.6) is 0 Å². The van der Waals surface area contributed by atoms with Crippen LogP contribution in [0.25, 0.3) is 33.5 Å². The molecule has 2 N–H and O–H groups in total. The highest BCUT2D eigenvalue weighted by Crippen LogP contribution is 2.36. The number of aryl methyl sites for hydroxylation is 2. The number of nitrogens with one attached hydrogen (secondary N) is 1. The molecule has 0 spiro atoms. The highest BCUT2D eigenvalue weighted by Gasteiger charge is 2.21. The van der Waals surface area contributed by atoms with Crippen LogP contribution in [0.15, 0.2) is 18.2 Å². The van der Waals surface area contributed by atoms with Crippen molar-refractivity contribution >= 4 is 22.5 Å². The Balaban J connectivity index is 1.96. The maximum absolute atomic E-state index is 15.1. The number of rotatable bonds is 4. The molecule has 0 aliphatic rings. The predicted molar refractivity (Wildman–Crippen MR) is 114 cm³/mol. The zero-order chi connectivity index (χ0) is 21.7. The molecule has 0 radical (unpaired) electrons. The number of nitrogens with zero attached hydrogens (tertiary/aromatic N) is 5. The van der Waals surface area contributed by atoms with E-state index in [2.05, 4.69) is 39.1 Å². The lowest BCUT2D eigenvalue weighted by atomic mass is 9.95. The first-order valence-corrected chi connectivity index (χ1v) is 9.99. The first kappa shape index (κ1) is 20.4. The third-order valence-corrected chi connectivity index (χ3v) is 5.40. The average molecular weight is 429 g/mol. The Kier molecular flexibility index (Phi) is 5.07. The summed E-state index contributed by atoms with van der Waals surface area (Å²) in [5, 5.41) is 22.2. The fraction of sp³-hybridized carbons (Fsp3) is 0.333. The highest BCUT2D eigenvalue weighted by atomic mass is 35.5. The SMILES string of the molecule is Cc1n[nH]c(Cl)c1-c1cc(C(C)C)c2cc(-c3nc(C(C)O)n(C)n3)c(F)cc2n1. The van der Waals surface area contributed by atoms with E-state index in [1.165, 1.54) is 10.7 Å². The Bertz CT molecular complexity index is 1240. The summed E-state index contributed by atoms with van der Waals surface area (Å²) in [6.07, 6.45) is -0.807. The van der Waals surface area contributed by atoms with E-state index in [0.717, 1.165) is 16.6 Å². The summed E-state index contributed by atoms with van der Waals surface area (Å²) < 4.78 is 16.5. The Morgan fingerprint density at radius 3 is 2.47 bits per heavy atom. The molecule has 1 atom stereocenters. The number of fused-ring (bicyclic) bond motifs is 1. The zero-order valence-corrected chi connectivity index (χ0v) is 18.1. The summed E-state index contributed by atoms with van der Waals surface area (Å²) >= 11 is 6.27. The van der Waals surface area contributed by atoms with Gasteiger partial charge in [0.15, 0.2) is 11.6 Å². The smallest absolute Gasteiger partial charge is 0.184 e. The van der Waals surface area contributed by atoms with Crippen LogP contribution in [0.1, 0.15) is 49.9 Å². The van der Waals surface area contributed by atoms with Crippen molar-refractivity contribution in [3.8, 4) is 22.6 Å². The molecule has 0 fully saturated rings. The third-order valence-electron chi connectivity index (χ3n) is 5.12. The molecule has 3 aromatic heterocycles. The van der Waals surface area contributed by atoms with E-state index < -0.39 is 11.9 Å². The van der Waals surface area contributed by atoms with E-state index in [4.69, 9.17) is 11.6 Å². The summed E-state index contributed by atoms with van der Waals surface area (Å²) in [6.45, 7) is 7.57. The maximum Gasteiger partial charge on any atom is 0.184 e. The largest absolute Gasteiger partial charge is 0.385 e. The van der Waals surface area contributed by atoms with E-state index in [9.17, 15) is 5.11 Å². The first-order valence-electron chi connectivity index (χ1n) is 9.61. The number of H-pyrrole nitrogens is 1. The summed E-state index contributed by atoms with van der Waals surface area (Å²) in [5.41, 5.74) is 3.85. The Hall–Kier alpha value is -2.84. The van der Waals surface area contributed by atoms with Crippen LogP contribution in [0.3, 0.4) is 0 Å². The van der Waals surface area contributed by atoms with Crippen molar-refractivity contribution in [2.75, 3.05) is 0 Å². The average Bonchev–Trinajstić information content (AvgIpc) is 3.22. The number of pyridine rings is 1. The minimum absolute atomic E-state index is 0.156. The van der Waals surface area contributed by atoms with Gasteiger partial charge in [0.25, 0.3) is 0 Å². The Labute approximate surface area is 177 Å². The van der Waals surface area contributed by atoms with Gasteiger partial charge < -0.3 is 5.11 Å². The fourth-order valence-electron chi connectivity index (χ4n) is 3.63. The number of aliphatic hydroxyl groups excluding tert-OH is 1. The fourth-order valence-corrected chi connectivity index (χ4v) is 3.90. The van der Waals surface area contributed by atoms with Gasteiger partial charge in [0.05, 0.1) is 28.0 Å². The quantitative estimate of drug-likeness (QED) is 0.491. The van der Waals surface area contributed by atoms with E-state index >= 15 is 4.39 Å². The van der Waals surface area contributed by atoms with E-state index in [1.54, 1.807) is 20.0 Å². The van der Waals surface area contributed by atoms with Gasteiger partial charge in [-0.2, -0.15) is 10.2 Å². The summed E-state index contributed by atoms with van der Waals surface area (Å²) in [7, 11) is 1.67. The molecule has 0 saturated carbocycles. The van der Waals surface area contributed by atoms with Crippen LogP contribution in [0.4, 0.5) is 4.39 Å². The highest BCUT2D eigenvalue weighted by molar-refractivity contribution is 6.32. The van der Waals surface area contributed by atoms with Gasteiger partial charge in [-0.3, -0.25) is 9.78 Å². The second kappa shape index (κ2) is 7.45. The van der Waals surface area contributed by atoms with E-state index in [-0.39, 0.29) is 17.3 Å². The van der Waals surface area contributed by atoms with Crippen molar-refractivity contribution < 1.29 is 9.50 Å². The van der Waals surface area contributed by atoms with Crippen LogP contribution in [-0.2, 0) is 7.05 Å². The first-order chi connectivity index (χ1) is 14.2. The van der Waals surface area contributed by atoms with Crippen LogP contribution < -0.4 is 0 Å². The maximum atomic E-state index is 15.1. The molecule has 0 saturated heterocycles. The van der Waals surface area contributed by atoms with Gasteiger partial charge >= 0.3 is 0 Å². The van der Waals surface area contributed by atoms with E-state index in [0.29, 0.717) is 27.8 Å². The molecule has 156 valence electrons. The molecular formula is C21H22ClFN6O. The topological polar surface area (TPSA) is 92.5 Å². The van der Waals surface area contributed by atoms with Crippen molar-refractivity contribution in [1.82, 2.24) is 29.9 Å². The van der Waals surface area contributed by atoms with Crippen LogP contribution >= 0.6 is 11.6 Å². The molecule has 0 amide bonds. The second-order valence-electron chi connectivity index (χ2n) is 7.69. The minimum atomic E-state index is -0.807. The Morgan fingerprint density at radius 2 is 1.90 bits per heavy atom. The minimum Gasteiger partial charge on any atom is -0.385 e. The molecule has 3 heterocycles. The van der Waals surface area contributed by atoms with Gasteiger partial charge in [-0.25, -0.2) is 14.4 Å². The number of aromatic nitrogens is 6. The third kappa shape index (κ3) is 3.36. The molecule has 0 aliphatic heterocycles. The van der Waals surface area contributed by atoms with Gasteiger partial charge in [0.2, 0.25) is 0 Å². The molecule has 4 aromatic rings. The molecule has 9 heteroatoms. The lowest BCUT2D eigenvalue weighted by Gasteiger charge is -2.14. The Morgan fingerprint density at radius 1 is 1.17 bits per heavy atom. The lowest BCUT2D eigenvalue weighted by Crippen LogP contribution is -2.02. The summed E-state index contributed by atoms with van der Waals surface area (Å²) in [6, 6.07) is 5.08. The van der Waals surface area contributed by atoms with Crippen molar-refractivity contribution in [1.29, 1.82) is 0 Å². The van der Waals surface area contributed by atoms with Crippen molar-refractivity contribution in [3.63, 3.8) is 0 Å². The van der Waals surface area contributed by atoms with Crippen LogP contribution in [-0.4, -0.2) is 35.1 Å². The molecule has 1 aromatic carbocycles. The summed E-state index contributed by atoms with van der Waals surface area (Å²) in [4.78, 5) is 8.97. The summed E-state index contributed by atoms with van der Waals surface area (Å²) in [5.74, 6) is 0.260. The second-order valence-corrected chi connectivity index (χ2v) is 8.07. The van der Waals surface area contributed by atoms with Gasteiger partial charge in [0, 0.05) is 18.5 Å².